The summed E-state index contributed by atoms with van der Waals surface area (Å²) in [6.07, 6.45) is 0.671. The van der Waals surface area contributed by atoms with Gasteiger partial charge in [0.2, 0.25) is 0 Å². The maximum Gasteiger partial charge on any atom is 0.140 e. The Kier molecular flexibility index (Phi) is 3.99. The molecule has 1 N–H and O–H groups in total. The van der Waals surface area contributed by atoms with Gasteiger partial charge in [-0.15, -0.1) is 0 Å². The Labute approximate surface area is 106 Å². The number of rotatable bonds is 5. The summed E-state index contributed by atoms with van der Waals surface area (Å²) in [5.74, 6) is 1.60. The third-order valence-electron chi connectivity index (χ3n) is 2.89. The van der Waals surface area contributed by atoms with Crippen LogP contribution in [0, 0.1) is 13.8 Å². The van der Waals surface area contributed by atoms with Crippen molar-refractivity contribution in [3.05, 3.63) is 46.8 Å². The standard InChI is InChI=1S/C14H17NO3/c1-10-14(11(2)18-15-10)9-17-13-5-3-12(4-6-13)7-8-16/h3-6,16H,7-9H2,1-2H3. The van der Waals surface area contributed by atoms with Crippen LogP contribution in [0.15, 0.2) is 28.8 Å². The number of hydrogen-bond donors (Lipinski definition) is 1. The number of ether oxygens (including phenoxy) is 1. The van der Waals surface area contributed by atoms with Gasteiger partial charge in [0.15, 0.2) is 0 Å². The van der Waals surface area contributed by atoms with Gasteiger partial charge in [0.25, 0.3) is 0 Å². The first-order chi connectivity index (χ1) is 8.70. The number of hydrogen-bond acceptors (Lipinski definition) is 4. The van der Waals surface area contributed by atoms with Crippen LogP contribution in [0.2, 0.25) is 0 Å². The lowest BCUT2D eigenvalue weighted by molar-refractivity contribution is 0.297. The Morgan fingerprint density at radius 3 is 2.50 bits per heavy atom. The molecule has 0 spiro atoms. The topological polar surface area (TPSA) is 55.5 Å². The molecule has 0 saturated heterocycles. The normalized spacial score (nSPS) is 10.6. The predicted molar refractivity (Wildman–Crippen MR) is 67.5 cm³/mol. The molecule has 2 rings (SSSR count). The van der Waals surface area contributed by atoms with Crippen molar-refractivity contribution < 1.29 is 14.4 Å². The Morgan fingerprint density at radius 1 is 1.22 bits per heavy atom. The van der Waals surface area contributed by atoms with E-state index < -0.39 is 0 Å². The third kappa shape index (κ3) is 2.90. The van der Waals surface area contributed by atoms with Gasteiger partial charge in [0.1, 0.15) is 18.1 Å². The van der Waals surface area contributed by atoms with Gasteiger partial charge in [-0.2, -0.15) is 0 Å². The molecule has 2 aromatic rings. The monoisotopic (exact) mass is 247 g/mol. The second-order valence-corrected chi connectivity index (χ2v) is 4.21. The van der Waals surface area contributed by atoms with Crippen LogP contribution in [0.25, 0.3) is 0 Å². The molecule has 0 bridgehead atoms. The van der Waals surface area contributed by atoms with E-state index >= 15 is 0 Å². The molecular weight excluding hydrogens is 230 g/mol. The van der Waals surface area contributed by atoms with Crippen molar-refractivity contribution >= 4 is 0 Å². The molecule has 4 nitrogen and oxygen atoms in total. The zero-order valence-corrected chi connectivity index (χ0v) is 10.6. The average molecular weight is 247 g/mol. The number of nitrogens with zero attached hydrogens (tertiary/aromatic N) is 1. The quantitative estimate of drug-likeness (QED) is 0.881. The lowest BCUT2D eigenvalue weighted by Crippen LogP contribution is -1.98. The Balaban J connectivity index is 1.98. The van der Waals surface area contributed by atoms with Crippen molar-refractivity contribution in [1.82, 2.24) is 5.16 Å². The molecule has 0 unspecified atom stereocenters. The fourth-order valence-corrected chi connectivity index (χ4v) is 1.74. The molecule has 0 atom stereocenters. The summed E-state index contributed by atoms with van der Waals surface area (Å²) in [5.41, 5.74) is 2.96. The summed E-state index contributed by atoms with van der Waals surface area (Å²) in [4.78, 5) is 0. The van der Waals surface area contributed by atoms with Gasteiger partial charge in [-0.1, -0.05) is 17.3 Å². The van der Waals surface area contributed by atoms with E-state index in [4.69, 9.17) is 14.4 Å². The van der Waals surface area contributed by atoms with Gasteiger partial charge in [-0.3, -0.25) is 0 Å². The number of aromatic nitrogens is 1. The highest BCUT2D eigenvalue weighted by molar-refractivity contribution is 5.28. The van der Waals surface area contributed by atoms with Crippen LogP contribution in [-0.2, 0) is 13.0 Å². The zero-order chi connectivity index (χ0) is 13.0. The van der Waals surface area contributed by atoms with E-state index in [1.165, 1.54) is 0 Å². The lowest BCUT2D eigenvalue weighted by Gasteiger charge is -2.06. The molecule has 1 aromatic carbocycles. The van der Waals surface area contributed by atoms with E-state index in [2.05, 4.69) is 5.16 Å². The van der Waals surface area contributed by atoms with E-state index in [1.807, 2.05) is 38.1 Å². The van der Waals surface area contributed by atoms with Crippen LogP contribution in [0.5, 0.6) is 5.75 Å². The second kappa shape index (κ2) is 5.69. The Morgan fingerprint density at radius 2 is 1.94 bits per heavy atom. The summed E-state index contributed by atoms with van der Waals surface area (Å²) in [5, 5.41) is 12.7. The van der Waals surface area contributed by atoms with Crippen LogP contribution in [0.1, 0.15) is 22.6 Å². The predicted octanol–water partition coefficient (Wildman–Crippen LogP) is 2.41. The SMILES string of the molecule is Cc1noc(C)c1COc1ccc(CCO)cc1. The van der Waals surface area contributed by atoms with Crippen molar-refractivity contribution in [1.29, 1.82) is 0 Å². The minimum absolute atomic E-state index is 0.166. The Hall–Kier alpha value is -1.81. The van der Waals surface area contributed by atoms with E-state index in [0.29, 0.717) is 13.0 Å². The Bertz CT molecular complexity index is 483. The van der Waals surface area contributed by atoms with Crippen molar-refractivity contribution in [3.8, 4) is 5.75 Å². The molecule has 4 heteroatoms. The van der Waals surface area contributed by atoms with Crippen LogP contribution >= 0.6 is 0 Å². The number of aliphatic hydroxyl groups excluding tert-OH is 1. The number of aliphatic hydroxyl groups is 1. The molecule has 0 aliphatic rings. The minimum atomic E-state index is 0.166. The molecule has 0 fully saturated rings. The van der Waals surface area contributed by atoms with E-state index in [0.717, 1.165) is 28.3 Å². The summed E-state index contributed by atoms with van der Waals surface area (Å²) in [7, 11) is 0. The fraction of sp³-hybridized carbons (Fsp3) is 0.357. The van der Waals surface area contributed by atoms with Crippen LogP contribution in [0.4, 0.5) is 0 Å². The number of aryl methyl sites for hydroxylation is 2. The van der Waals surface area contributed by atoms with Gasteiger partial charge in [-0.25, -0.2) is 0 Å². The average Bonchev–Trinajstić information content (AvgIpc) is 2.69. The van der Waals surface area contributed by atoms with Crippen molar-refractivity contribution in [2.24, 2.45) is 0 Å². The van der Waals surface area contributed by atoms with E-state index in [9.17, 15) is 0 Å². The molecule has 18 heavy (non-hydrogen) atoms. The molecule has 0 radical (unpaired) electrons. The van der Waals surface area contributed by atoms with Gasteiger partial charge < -0.3 is 14.4 Å². The van der Waals surface area contributed by atoms with E-state index in [1.54, 1.807) is 0 Å². The molecule has 0 aliphatic carbocycles. The number of benzene rings is 1. The first-order valence-electron chi connectivity index (χ1n) is 5.95. The highest BCUT2D eigenvalue weighted by Crippen LogP contribution is 2.17. The summed E-state index contributed by atoms with van der Waals surface area (Å²) >= 11 is 0. The zero-order valence-electron chi connectivity index (χ0n) is 10.6. The molecule has 96 valence electrons. The van der Waals surface area contributed by atoms with Crippen molar-refractivity contribution in [3.63, 3.8) is 0 Å². The van der Waals surface area contributed by atoms with Crippen molar-refractivity contribution in [2.45, 2.75) is 26.9 Å². The molecule has 0 aliphatic heterocycles. The molecule has 1 aromatic heterocycles. The van der Waals surface area contributed by atoms with Gasteiger partial charge >= 0.3 is 0 Å². The third-order valence-corrected chi connectivity index (χ3v) is 2.89. The summed E-state index contributed by atoms with van der Waals surface area (Å²) in [6, 6.07) is 7.73. The molecule has 1 heterocycles. The lowest BCUT2D eigenvalue weighted by atomic mass is 10.1. The highest BCUT2D eigenvalue weighted by atomic mass is 16.5. The first-order valence-corrected chi connectivity index (χ1v) is 5.95. The smallest absolute Gasteiger partial charge is 0.140 e. The molecular formula is C14H17NO3. The molecule has 0 saturated carbocycles. The summed E-state index contributed by atoms with van der Waals surface area (Å²) in [6.45, 7) is 4.41. The fourth-order valence-electron chi connectivity index (χ4n) is 1.74. The maximum atomic E-state index is 8.83. The summed E-state index contributed by atoms with van der Waals surface area (Å²) < 4.78 is 10.8. The highest BCUT2D eigenvalue weighted by Gasteiger charge is 2.09. The first kappa shape index (κ1) is 12.6. The van der Waals surface area contributed by atoms with Crippen LogP contribution in [0.3, 0.4) is 0 Å². The second-order valence-electron chi connectivity index (χ2n) is 4.21. The van der Waals surface area contributed by atoms with Gasteiger partial charge in [0, 0.05) is 6.61 Å². The van der Waals surface area contributed by atoms with E-state index in [-0.39, 0.29) is 6.61 Å². The maximum absolute atomic E-state index is 8.83. The minimum Gasteiger partial charge on any atom is -0.489 e. The van der Waals surface area contributed by atoms with Gasteiger partial charge in [0.05, 0.1) is 11.3 Å². The van der Waals surface area contributed by atoms with Gasteiger partial charge in [-0.05, 0) is 38.0 Å². The molecule has 0 amide bonds. The van der Waals surface area contributed by atoms with Crippen LogP contribution in [-0.4, -0.2) is 16.9 Å². The van der Waals surface area contributed by atoms with Crippen molar-refractivity contribution in [2.75, 3.05) is 6.61 Å². The largest absolute Gasteiger partial charge is 0.489 e. The van der Waals surface area contributed by atoms with Crippen LogP contribution < -0.4 is 4.74 Å².